The number of carbonyl (C=O) groups is 1. The maximum absolute atomic E-state index is 12.8. The van der Waals surface area contributed by atoms with Crippen LogP contribution in [0.1, 0.15) is 28.1 Å². The molecule has 0 spiro atoms. The molecular formula is C21H23N5O2S. The van der Waals surface area contributed by atoms with Crippen LogP contribution in [0.4, 0.5) is 11.5 Å². The lowest BCUT2D eigenvalue weighted by molar-refractivity contribution is 0.0921. The summed E-state index contributed by atoms with van der Waals surface area (Å²) < 4.78 is 5.57. The van der Waals surface area contributed by atoms with Gasteiger partial charge in [0.2, 0.25) is 0 Å². The van der Waals surface area contributed by atoms with Crippen molar-refractivity contribution in [1.29, 1.82) is 0 Å². The van der Waals surface area contributed by atoms with Crippen molar-refractivity contribution in [2.45, 2.75) is 25.3 Å². The number of nitrogens with zero attached hydrogens (tertiary/aromatic N) is 3. The lowest BCUT2D eigenvalue weighted by atomic mass is 10.1. The normalized spacial score (nSPS) is 17.1. The second-order valence-electron chi connectivity index (χ2n) is 7.65. The molecule has 0 radical (unpaired) electrons. The van der Waals surface area contributed by atoms with Gasteiger partial charge in [-0.25, -0.2) is 9.97 Å². The van der Waals surface area contributed by atoms with Gasteiger partial charge in [0.25, 0.3) is 5.91 Å². The largest absolute Gasteiger partial charge is 0.493 e. The fraction of sp³-hybridized carbons (Fsp3) is 0.381. The van der Waals surface area contributed by atoms with Crippen molar-refractivity contribution in [1.82, 2.24) is 20.2 Å². The van der Waals surface area contributed by atoms with Crippen LogP contribution in [0.5, 0.6) is 5.75 Å². The number of aromatic nitrogens is 2. The van der Waals surface area contributed by atoms with Crippen LogP contribution in [-0.2, 0) is 6.42 Å². The summed E-state index contributed by atoms with van der Waals surface area (Å²) in [7, 11) is 2.12. The fourth-order valence-corrected chi connectivity index (χ4v) is 4.78. The second-order valence-corrected chi connectivity index (χ2v) is 8.68. The van der Waals surface area contributed by atoms with Crippen molar-refractivity contribution < 1.29 is 9.53 Å². The average molecular weight is 410 g/mol. The van der Waals surface area contributed by atoms with E-state index in [1.807, 2.05) is 18.2 Å². The number of fused-ring (bicyclic) bond motifs is 2. The highest BCUT2D eigenvalue weighted by atomic mass is 32.1. The van der Waals surface area contributed by atoms with Crippen LogP contribution >= 0.6 is 11.3 Å². The number of hydrogen-bond donors (Lipinski definition) is 2. The molecule has 150 valence electrons. The Labute approximate surface area is 173 Å². The van der Waals surface area contributed by atoms with Gasteiger partial charge in [-0.15, -0.1) is 11.3 Å². The number of piperidine rings is 1. The maximum Gasteiger partial charge on any atom is 0.261 e. The zero-order valence-corrected chi connectivity index (χ0v) is 17.1. The Morgan fingerprint density at radius 1 is 1.24 bits per heavy atom. The number of anilines is 2. The van der Waals surface area contributed by atoms with E-state index in [0.717, 1.165) is 60.6 Å². The summed E-state index contributed by atoms with van der Waals surface area (Å²) in [4.78, 5) is 25.3. The van der Waals surface area contributed by atoms with Crippen molar-refractivity contribution in [2.75, 3.05) is 32.1 Å². The van der Waals surface area contributed by atoms with E-state index in [0.29, 0.717) is 10.7 Å². The number of ether oxygens (including phenoxy) is 1. The summed E-state index contributed by atoms with van der Waals surface area (Å²) in [5, 5.41) is 7.42. The Morgan fingerprint density at radius 3 is 2.97 bits per heavy atom. The maximum atomic E-state index is 12.8. The van der Waals surface area contributed by atoms with Gasteiger partial charge in [-0.05, 0) is 62.8 Å². The first-order chi connectivity index (χ1) is 14.2. The molecular weight excluding hydrogens is 386 g/mol. The first-order valence-corrected chi connectivity index (χ1v) is 10.7. The van der Waals surface area contributed by atoms with Gasteiger partial charge in [0, 0.05) is 18.2 Å². The standard InChI is InChI=1S/C21H23N5O2S/c1-26-7-4-14(5-8-26)25-20(27)18-11-16-19(22-12-23-21(16)29-18)24-15-2-3-17-13(10-15)6-9-28-17/h2-3,10-12,14H,4-9H2,1H3,(H,25,27)(H,22,23,24). The zero-order chi connectivity index (χ0) is 19.8. The van der Waals surface area contributed by atoms with Gasteiger partial charge in [-0.1, -0.05) is 0 Å². The molecule has 0 unspecified atom stereocenters. The van der Waals surface area contributed by atoms with Gasteiger partial charge >= 0.3 is 0 Å². The van der Waals surface area contributed by atoms with Crippen molar-refractivity contribution in [3.05, 3.63) is 41.0 Å². The zero-order valence-electron chi connectivity index (χ0n) is 16.3. The van der Waals surface area contributed by atoms with E-state index in [4.69, 9.17) is 4.74 Å². The number of benzene rings is 1. The molecule has 2 aliphatic rings. The molecule has 2 aliphatic heterocycles. The molecule has 2 N–H and O–H groups in total. The van der Waals surface area contributed by atoms with E-state index >= 15 is 0 Å². The average Bonchev–Trinajstić information content (AvgIpc) is 3.36. The minimum Gasteiger partial charge on any atom is -0.493 e. The monoisotopic (exact) mass is 409 g/mol. The van der Waals surface area contributed by atoms with Crippen LogP contribution in [0.25, 0.3) is 10.2 Å². The third-order valence-corrected chi connectivity index (χ3v) is 6.60. The van der Waals surface area contributed by atoms with Gasteiger partial charge in [0.15, 0.2) is 0 Å². The lowest BCUT2D eigenvalue weighted by Crippen LogP contribution is -2.43. The highest BCUT2D eigenvalue weighted by Crippen LogP contribution is 2.32. The molecule has 2 aromatic heterocycles. The van der Waals surface area contributed by atoms with Gasteiger partial charge in [0.05, 0.1) is 16.9 Å². The second kappa shape index (κ2) is 7.61. The summed E-state index contributed by atoms with van der Waals surface area (Å²) in [6.07, 6.45) is 4.43. The summed E-state index contributed by atoms with van der Waals surface area (Å²) in [5.74, 6) is 1.64. The molecule has 3 aromatic rings. The van der Waals surface area contributed by atoms with Crippen LogP contribution in [0.15, 0.2) is 30.6 Å². The molecule has 0 aliphatic carbocycles. The molecule has 0 bridgehead atoms. The molecule has 0 atom stereocenters. The van der Waals surface area contributed by atoms with Crippen LogP contribution in [0.3, 0.4) is 0 Å². The number of thiophene rings is 1. The summed E-state index contributed by atoms with van der Waals surface area (Å²) >= 11 is 1.41. The van der Waals surface area contributed by atoms with Crippen molar-refractivity contribution in [2.24, 2.45) is 0 Å². The molecule has 1 fully saturated rings. The SMILES string of the molecule is CN1CCC(NC(=O)c2cc3c(Nc4ccc5c(c4)CCO5)ncnc3s2)CC1. The van der Waals surface area contributed by atoms with E-state index in [1.165, 1.54) is 23.2 Å². The molecule has 29 heavy (non-hydrogen) atoms. The molecule has 7 nitrogen and oxygen atoms in total. The number of carbonyl (C=O) groups excluding carboxylic acids is 1. The minimum atomic E-state index is -0.0248. The Bertz CT molecular complexity index is 1060. The van der Waals surface area contributed by atoms with Gasteiger partial charge < -0.3 is 20.3 Å². The van der Waals surface area contributed by atoms with Crippen LogP contribution in [-0.4, -0.2) is 53.6 Å². The molecule has 5 rings (SSSR count). The lowest BCUT2D eigenvalue weighted by Gasteiger charge is -2.29. The first kappa shape index (κ1) is 18.3. The highest BCUT2D eigenvalue weighted by Gasteiger charge is 2.21. The van der Waals surface area contributed by atoms with Crippen molar-refractivity contribution in [3.63, 3.8) is 0 Å². The Morgan fingerprint density at radius 2 is 2.10 bits per heavy atom. The molecule has 4 heterocycles. The number of hydrogen-bond acceptors (Lipinski definition) is 7. The Hall–Kier alpha value is -2.71. The number of likely N-dealkylation sites (tertiary alicyclic amines) is 1. The van der Waals surface area contributed by atoms with Crippen LogP contribution < -0.4 is 15.4 Å². The molecule has 1 amide bonds. The smallest absolute Gasteiger partial charge is 0.261 e. The molecule has 1 saturated heterocycles. The third kappa shape index (κ3) is 3.77. The Balaban J connectivity index is 1.36. The molecule has 1 aromatic carbocycles. The first-order valence-electron chi connectivity index (χ1n) is 9.92. The van der Waals surface area contributed by atoms with E-state index in [1.54, 1.807) is 0 Å². The summed E-state index contributed by atoms with van der Waals surface area (Å²) in [6.45, 7) is 2.77. The predicted molar refractivity (Wildman–Crippen MR) is 114 cm³/mol. The number of amides is 1. The topological polar surface area (TPSA) is 79.4 Å². The summed E-state index contributed by atoms with van der Waals surface area (Å²) in [6, 6.07) is 8.19. The Kier molecular flexibility index (Phi) is 4.81. The molecule has 8 heteroatoms. The van der Waals surface area contributed by atoms with Gasteiger partial charge in [-0.3, -0.25) is 4.79 Å². The third-order valence-electron chi connectivity index (χ3n) is 5.56. The minimum absolute atomic E-state index is 0.0248. The number of nitrogens with one attached hydrogen (secondary N) is 2. The highest BCUT2D eigenvalue weighted by molar-refractivity contribution is 7.20. The van der Waals surface area contributed by atoms with Crippen LogP contribution in [0.2, 0.25) is 0 Å². The van der Waals surface area contributed by atoms with E-state index in [9.17, 15) is 4.79 Å². The van der Waals surface area contributed by atoms with E-state index < -0.39 is 0 Å². The van der Waals surface area contributed by atoms with Crippen LogP contribution in [0, 0.1) is 0 Å². The van der Waals surface area contributed by atoms with Crippen molar-refractivity contribution >= 4 is 39.0 Å². The van der Waals surface area contributed by atoms with E-state index in [2.05, 4.69) is 38.6 Å². The quantitative estimate of drug-likeness (QED) is 0.689. The summed E-state index contributed by atoms with van der Waals surface area (Å²) in [5.41, 5.74) is 2.15. The van der Waals surface area contributed by atoms with Crippen molar-refractivity contribution in [3.8, 4) is 5.75 Å². The van der Waals surface area contributed by atoms with Gasteiger partial charge in [-0.2, -0.15) is 0 Å². The van der Waals surface area contributed by atoms with Gasteiger partial charge in [0.1, 0.15) is 22.7 Å². The molecule has 0 saturated carbocycles. The fourth-order valence-electron chi connectivity index (χ4n) is 3.88. The van der Waals surface area contributed by atoms with E-state index in [-0.39, 0.29) is 11.9 Å². The number of rotatable bonds is 4. The predicted octanol–water partition coefficient (Wildman–Crippen LogP) is 3.19.